The van der Waals surface area contributed by atoms with Gasteiger partial charge in [0.15, 0.2) is 0 Å². The Balaban J connectivity index is 1.19. The van der Waals surface area contributed by atoms with Crippen LogP contribution in [0.4, 0.5) is 0 Å². The zero-order valence-corrected chi connectivity index (χ0v) is 30.6. The number of furan rings is 2. The van der Waals surface area contributed by atoms with Crippen LogP contribution in [0.5, 0.6) is 0 Å². The Bertz CT molecular complexity index is 2720. The molecule has 1 N–H and O–H groups in total. The van der Waals surface area contributed by atoms with Gasteiger partial charge in [-0.25, -0.2) is 0 Å². The molecule has 55 heavy (non-hydrogen) atoms. The first-order valence-electron chi connectivity index (χ1n) is 18.6. The van der Waals surface area contributed by atoms with E-state index in [0.717, 1.165) is 84.1 Å². The lowest BCUT2D eigenvalue weighted by Crippen LogP contribution is -2.17. The highest BCUT2D eigenvalue weighted by Crippen LogP contribution is 2.34. The second kappa shape index (κ2) is 16.3. The summed E-state index contributed by atoms with van der Waals surface area (Å²) in [5.74, 6) is 0.820. The van der Waals surface area contributed by atoms with Crippen molar-refractivity contribution in [2.75, 3.05) is 0 Å². The van der Waals surface area contributed by atoms with Crippen molar-refractivity contribution in [3.8, 4) is 0 Å². The molecule has 1 aliphatic rings. The van der Waals surface area contributed by atoms with Gasteiger partial charge in [0, 0.05) is 21.7 Å². The van der Waals surface area contributed by atoms with Crippen molar-refractivity contribution in [1.29, 1.82) is 0 Å². The molecule has 2 aromatic heterocycles. The molecular formula is C52H41NO2. The van der Waals surface area contributed by atoms with Crippen LogP contribution >= 0.6 is 0 Å². The fourth-order valence-corrected chi connectivity index (χ4v) is 7.11. The minimum Gasteiger partial charge on any atom is -0.456 e. The second-order valence-corrected chi connectivity index (χ2v) is 13.4. The first-order chi connectivity index (χ1) is 27.2. The van der Waals surface area contributed by atoms with Gasteiger partial charge in [-0.05, 0) is 88.0 Å². The zero-order valence-electron chi connectivity index (χ0n) is 30.6. The summed E-state index contributed by atoms with van der Waals surface area (Å²) < 4.78 is 12.5. The third kappa shape index (κ3) is 7.69. The van der Waals surface area contributed by atoms with Crippen LogP contribution in [0.1, 0.15) is 39.6 Å². The molecule has 0 aliphatic heterocycles. The summed E-state index contributed by atoms with van der Waals surface area (Å²) in [6.07, 6.45) is 27.8. The molecule has 0 radical (unpaired) electrons. The molecule has 3 heteroatoms. The lowest BCUT2D eigenvalue weighted by Gasteiger charge is -2.21. The Hall–Kier alpha value is -7.10. The molecule has 0 saturated heterocycles. The van der Waals surface area contributed by atoms with Crippen LogP contribution in [0.3, 0.4) is 0 Å². The zero-order chi connectivity index (χ0) is 37.4. The Morgan fingerprint density at radius 1 is 0.673 bits per heavy atom. The lowest BCUT2D eigenvalue weighted by molar-refractivity contribution is 0.603. The van der Waals surface area contributed by atoms with E-state index >= 15 is 0 Å². The molecule has 0 spiro atoms. The minimum atomic E-state index is -0.136. The van der Waals surface area contributed by atoms with E-state index in [1.54, 1.807) is 6.08 Å². The number of para-hydroxylation sites is 2. The van der Waals surface area contributed by atoms with Crippen LogP contribution in [0.25, 0.3) is 56.2 Å². The summed E-state index contributed by atoms with van der Waals surface area (Å²) in [4.78, 5) is 0. The predicted molar refractivity (Wildman–Crippen MR) is 233 cm³/mol. The van der Waals surface area contributed by atoms with E-state index in [-0.39, 0.29) is 6.04 Å². The molecular weight excluding hydrogens is 671 g/mol. The van der Waals surface area contributed by atoms with Gasteiger partial charge < -0.3 is 14.2 Å². The summed E-state index contributed by atoms with van der Waals surface area (Å²) in [5, 5.41) is 7.04. The number of fused-ring (bicyclic) bond motifs is 6. The normalized spacial score (nSPS) is 17.6. The molecule has 0 fully saturated rings. The van der Waals surface area contributed by atoms with E-state index in [0.29, 0.717) is 0 Å². The van der Waals surface area contributed by atoms with Crippen LogP contribution in [-0.2, 0) is 6.42 Å². The summed E-state index contributed by atoms with van der Waals surface area (Å²) >= 11 is 0. The highest BCUT2D eigenvalue weighted by atomic mass is 16.3. The molecule has 8 rings (SSSR count). The largest absolute Gasteiger partial charge is 0.456 e. The Labute approximate surface area is 322 Å². The van der Waals surface area contributed by atoms with E-state index in [1.165, 1.54) is 5.56 Å². The van der Waals surface area contributed by atoms with Crippen molar-refractivity contribution in [3.63, 3.8) is 0 Å². The maximum atomic E-state index is 6.32. The van der Waals surface area contributed by atoms with Gasteiger partial charge in [0.25, 0.3) is 0 Å². The van der Waals surface area contributed by atoms with E-state index in [1.807, 2.05) is 36.4 Å². The predicted octanol–water partition coefficient (Wildman–Crippen LogP) is 13.8. The molecule has 1 aliphatic carbocycles. The molecule has 5 aromatic carbocycles. The molecule has 1 unspecified atom stereocenters. The number of hydrogen-bond donors (Lipinski definition) is 1. The number of allylic oxidation sites excluding steroid dienone is 11. The van der Waals surface area contributed by atoms with Crippen LogP contribution < -0.4 is 5.32 Å². The van der Waals surface area contributed by atoms with Gasteiger partial charge in [-0.3, -0.25) is 0 Å². The first kappa shape index (κ1) is 35.0. The van der Waals surface area contributed by atoms with Crippen molar-refractivity contribution < 1.29 is 8.83 Å². The van der Waals surface area contributed by atoms with Crippen molar-refractivity contribution in [2.24, 2.45) is 0 Å². The van der Waals surface area contributed by atoms with Gasteiger partial charge in [-0.2, -0.15) is 0 Å². The van der Waals surface area contributed by atoms with Crippen LogP contribution in [0, 0.1) is 0 Å². The van der Waals surface area contributed by atoms with Gasteiger partial charge in [0.2, 0.25) is 0 Å². The van der Waals surface area contributed by atoms with Gasteiger partial charge >= 0.3 is 0 Å². The summed E-state index contributed by atoms with van der Waals surface area (Å²) in [7, 11) is 0. The standard InChI is InChI=1S/C52H41NO2/c1-3-16-38(4-2)39-30-28-37(29-31-39)17-15-34-53-52(40-18-6-5-7-19-40)43-20-8-9-22-45-44-23-10-12-25-48(44)54-50(45)27-14-21-41(35-43)42-32-33-51-47(36-42)46-24-11-13-26-49(46)55-51/h3-16,18-36,52-53H,1-2,17H2/b9-8?,20-8+,21-14?,22-9-,27-14-,34-15-,38-16+,41-21+,41-35?,43-20?,43-35+,45-22?,50-27?. The molecule has 266 valence electrons. The fourth-order valence-electron chi connectivity index (χ4n) is 7.11. The Morgan fingerprint density at radius 2 is 1.40 bits per heavy atom. The van der Waals surface area contributed by atoms with Crippen LogP contribution in [-0.4, -0.2) is 0 Å². The number of hydrogen-bond acceptors (Lipinski definition) is 3. The van der Waals surface area contributed by atoms with E-state index in [4.69, 9.17) is 8.83 Å². The number of benzene rings is 5. The van der Waals surface area contributed by atoms with Crippen molar-refractivity contribution >= 4 is 56.2 Å². The summed E-state index contributed by atoms with van der Waals surface area (Å²) in [6.45, 7) is 7.77. The summed E-state index contributed by atoms with van der Waals surface area (Å²) in [5.41, 5.74) is 11.5. The van der Waals surface area contributed by atoms with Crippen molar-refractivity contribution in [2.45, 2.75) is 12.5 Å². The maximum absolute atomic E-state index is 6.32. The van der Waals surface area contributed by atoms with Gasteiger partial charge in [-0.15, -0.1) is 0 Å². The number of rotatable bonds is 10. The first-order valence-corrected chi connectivity index (χ1v) is 18.6. The minimum absolute atomic E-state index is 0.136. The Morgan fingerprint density at radius 3 is 2.20 bits per heavy atom. The van der Waals surface area contributed by atoms with Crippen molar-refractivity contribution in [1.82, 2.24) is 5.32 Å². The Kier molecular flexibility index (Phi) is 10.3. The third-order valence-electron chi connectivity index (χ3n) is 9.89. The maximum Gasteiger partial charge on any atom is 0.135 e. The van der Waals surface area contributed by atoms with Gasteiger partial charge in [0.05, 0.1) is 6.04 Å². The molecule has 2 heterocycles. The number of nitrogens with one attached hydrogen (secondary N) is 1. The van der Waals surface area contributed by atoms with Gasteiger partial charge in [0.1, 0.15) is 22.5 Å². The second-order valence-electron chi connectivity index (χ2n) is 13.4. The molecule has 0 saturated carbocycles. The lowest BCUT2D eigenvalue weighted by atomic mass is 9.93. The fraction of sp³-hybridized carbons (Fsp3) is 0.0385. The van der Waals surface area contributed by atoms with E-state index in [9.17, 15) is 0 Å². The SMILES string of the molecule is C=C/C=C(\C=C)c1ccc(C/C=C\NC(C2=C/C(c3ccc4oc5ccccc5c4c3)=C\C=C/c3oc4ccccc4c3/C=C\C=C\2)c2ccccc2)cc1. The van der Waals surface area contributed by atoms with Crippen LogP contribution in [0.2, 0.25) is 0 Å². The average molecular weight is 712 g/mol. The molecule has 0 amide bonds. The quantitative estimate of drug-likeness (QED) is 0.144. The van der Waals surface area contributed by atoms with Crippen LogP contribution in [0.15, 0.2) is 216 Å². The molecule has 7 aromatic rings. The van der Waals surface area contributed by atoms with Crippen molar-refractivity contribution in [3.05, 3.63) is 241 Å². The average Bonchev–Trinajstić information content (AvgIpc) is 3.78. The van der Waals surface area contributed by atoms with E-state index in [2.05, 4.69) is 176 Å². The molecule has 3 nitrogen and oxygen atoms in total. The smallest absolute Gasteiger partial charge is 0.135 e. The summed E-state index contributed by atoms with van der Waals surface area (Å²) in [6, 6.07) is 41.9. The highest BCUT2D eigenvalue weighted by molar-refractivity contribution is 6.06. The third-order valence-corrected chi connectivity index (χ3v) is 9.89. The highest BCUT2D eigenvalue weighted by Gasteiger charge is 2.16. The molecule has 0 bridgehead atoms. The molecule has 1 atom stereocenters. The monoisotopic (exact) mass is 711 g/mol. The van der Waals surface area contributed by atoms with Gasteiger partial charge in [-0.1, -0.05) is 171 Å². The van der Waals surface area contributed by atoms with E-state index < -0.39 is 0 Å². The topological polar surface area (TPSA) is 38.3 Å².